The number of pyridine rings is 2. The van der Waals surface area contributed by atoms with Gasteiger partial charge in [-0.1, -0.05) is 102 Å². The van der Waals surface area contributed by atoms with Gasteiger partial charge in [0.1, 0.15) is 0 Å². The summed E-state index contributed by atoms with van der Waals surface area (Å²) in [6.45, 7) is 5.52. The van der Waals surface area contributed by atoms with Crippen LogP contribution < -0.4 is 10.2 Å². The van der Waals surface area contributed by atoms with Crippen LogP contribution in [0.4, 0.5) is 11.4 Å². The lowest BCUT2D eigenvalue weighted by Gasteiger charge is -2.41. The Hall–Kier alpha value is -5.04. The van der Waals surface area contributed by atoms with Gasteiger partial charge in [-0.05, 0) is 67.3 Å². The number of nitrogens with zero attached hydrogens (tertiary/aromatic N) is 3. The molecule has 1 N–H and O–H groups in total. The highest BCUT2D eigenvalue weighted by Gasteiger charge is 2.37. The van der Waals surface area contributed by atoms with E-state index >= 15 is 0 Å². The SMILES string of the molecule is C=CCC(=O)Nc1cccc2cccnc12.Cc1ccccc1Cl.O=C1CC(CCc2ccccc2Cl)N1c1cccc2cccnc12. The van der Waals surface area contributed by atoms with Gasteiger partial charge in [0.05, 0.1) is 22.4 Å². The highest BCUT2D eigenvalue weighted by Crippen LogP contribution is 2.35. The van der Waals surface area contributed by atoms with Crippen LogP contribution in [0, 0.1) is 6.92 Å². The molecule has 4 aromatic carbocycles. The molecule has 1 fully saturated rings. The molecule has 48 heavy (non-hydrogen) atoms. The molecule has 2 amide bonds. The van der Waals surface area contributed by atoms with Gasteiger partial charge in [-0.3, -0.25) is 19.6 Å². The predicted molar refractivity (Wildman–Crippen MR) is 199 cm³/mol. The van der Waals surface area contributed by atoms with Crippen LogP contribution in [-0.4, -0.2) is 27.8 Å². The first-order valence-electron chi connectivity index (χ1n) is 15.7. The fourth-order valence-electron chi connectivity index (χ4n) is 5.44. The minimum atomic E-state index is -0.0758. The van der Waals surface area contributed by atoms with E-state index in [9.17, 15) is 9.59 Å². The van der Waals surface area contributed by atoms with Crippen LogP contribution in [0.2, 0.25) is 10.0 Å². The van der Waals surface area contributed by atoms with Gasteiger partial charge in [-0.15, -0.1) is 6.58 Å². The first-order chi connectivity index (χ1) is 23.4. The molecule has 0 spiro atoms. The summed E-state index contributed by atoms with van der Waals surface area (Å²) in [6, 6.07) is 35.3. The summed E-state index contributed by atoms with van der Waals surface area (Å²) >= 11 is 11.9. The van der Waals surface area contributed by atoms with Crippen LogP contribution in [-0.2, 0) is 16.0 Å². The van der Waals surface area contributed by atoms with Gasteiger partial charge in [0.25, 0.3) is 0 Å². The third-order valence-corrected chi connectivity index (χ3v) is 8.73. The number of aromatic nitrogens is 2. The van der Waals surface area contributed by atoms with Crippen LogP contribution in [0.25, 0.3) is 21.8 Å². The molecule has 3 heterocycles. The van der Waals surface area contributed by atoms with E-state index in [2.05, 4.69) is 21.9 Å². The molecular weight excluding hydrogens is 639 g/mol. The van der Waals surface area contributed by atoms with Crippen molar-refractivity contribution in [3.05, 3.63) is 155 Å². The van der Waals surface area contributed by atoms with E-state index in [-0.39, 0.29) is 17.9 Å². The number of carbonyl (C=O) groups is 2. The van der Waals surface area contributed by atoms with Crippen molar-refractivity contribution in [2.75, 3.05) is 10.2 Å². The lowest BCUT2D eigenvalue weighted by molar-refractivity contribution is -0.124. The zero-order chi connectivity index (χ0) is 33.9. The Balaban J connectivity index is 0.000000161. The van der Waals surface area contributed by atoms with E-state index < -0.39 is 0 Å². The maximum atomic E-state index is 12.2. The number of halogens is 2. The number of hydrogen-bond acceptors (Lipinski definition) is 4. The maximum Gasteiger partial charge on any atom is 0.229 e. The number of rotatable bonds is 7. The van der Waals surface area contributed by atoms with Crippen molar-refractivity contribution < 1.29 is 9.59 Å². The average Bonchev–Trinajstić information content (AvgIpc) is 3.09. The van der Waals surface area contributed by atoms with Gasteiger partial charge in [0, 0.05) is 52.1 Å². The van der Waals surface area contributed by atoms with Crippen LogP contribution >= 0.6 is 23.2 Å². The van der Waals surface area contributed by atoms with Gasteiger partial charge < -0.3 is 10.2 Å². The monoisotopic (exact) mass is 674 g/mol. The lowest BCUT2D eigenvalue weighted by atomic mass is 9.93. The fourth-order valence-corrected chi connectivity index (χ4v) is 5.80. The van der Waals surface area contributed by atoms with Crippen molar-refractivity contribution >= 4 is 68.2 Å². The second kappa shape index (κ2) is 16.7. The number of anilines is 2. The molecule has 7 rings (SSSR count). The van der Waals surface area contributed by atoms with Gasteiger partial charge in [-0.25, -0.2) is 0 Å². The maximum absolute atomic E-state index is 12.2. The molecular formula is C40H36Cl2N4O2. The molecule has 6 nitrogen and oxygen atoms in total. The number of benzene rings is 4. The minimum Gasteiger partial charge on any atom is -0.324 e. The Bertz CT molecular complexity index is 2020. The number of carbonyl (C=O) groups excluding carboxylic acids is 2. The molecule has 0 aliphatic carbocycles. The van der Waals surface area contributed by atoms with E-state index in [1.807, 2.05) is 121 Å². The summed E-state index contributed by atoms with van der Waals surface area (Å²) in [7, 11) is 0. The number of aryl methyl sites for hydroxylation is 2. The second-order valence-electron chi connectivity index (χ2n) is 11.3. The van der Waals surface area contributed by atoms with Crippen molar-refractivity contribution in [1.82, 2.24) is 9.97 Å². The largest absolute Gasteiger partial charge is 0.324 e. The molecule has 1 unspecified atom stereocenters. The minimum absolute atomic E-state index is 0.0758. The number of β-lactam (4-membered cyclic amide) rings is 1. The summed E-state index contributed by atoms with van der Waals surface area (Å²) in [6.07, 6.45) is 7.73. The lowest BCUT2D eigenvalue weighted by Crippen LogP contribution is -2.53. The first kappa shape index (κ1) is 34.3. The Morgan fingerprint density at radius 3 is 2.10 bits per heavy atom. The molecule has 1 aliphatic heterocycles. The summed E-state index contributed by atoms with van der Waals surface area (Å²) in [5, 5.41) is 6.51. The van der Waals surface area contributed by atoms with E-state index in [1.54, 1.807) is 18.5 Å². The molecule has 6 aromatic rings. The molecule has 1 saturated heterocycles. The summed E-state index contributed by atoms with van der Waals surface area (Å²) < 4.78 is 0. The third-order valence-electron chi connectivity index (χ3n) is 7.93. The van der Waals surface area contributed by atoms with Crippen LogP contribution in [0.3, 0.4) is 0 Å². The molecule has 1 aliphatic rings. The molecule has 2 aromatic heterocycles. The van der Waals surface area contributed by atoms with Gasteiger partial charge >= 0.3 is 0 Å². The Morgan fingerprint density at radius 1 is 0.833 bits per heavy atom. The van der Waals surface area contributed by atoms with Gasteiger partial charge in [-0.2, -0.15) is 0 Å². The Morgan fingerprint density at radius 2 is 1.46 bits per heavy atom. The van der Waals surface area contributed by atoms with Gasteiger partial charge in [0.15, 0.2) is 0 Å². The summed E-state index contributed by atoms with van der Waals surface area (Å²) in [5.41, 5.74) is 5.61. The first-order valence-corrected chi connectivity index (χ1v) is 16.5. The predicted octanol–water partition coefficient (Wildman–Crippen LogP) is 10.0. The molecule has 0 radical (unpaired) electrons. The molecule has 0 bridgehead atoms. The quantitative estimate of drug-likeness (QED) is 0.135. The standard InChI is InChI=1S/C20H17ClN2O.C13H12N2O.C7H7Cl/c21-17-8-2-1-5-14(17)10-11-16-13-19(24)23(16)18-9-3-6-15-7-4-12-22-20(15)18;1-2-5-12(16)15-11-8-3-6-10-7-4-9-14-13(10)11;1-6-4-2-3-5-7(6)8/h1-9,12,16H,10-11,13H2;2-4,6-9H,1,5H2,(H,15,16);2-5H,1H3. The highest BCUT2D eigenvalue weighted by atomic mass is 35.5. The van der Waals surface area contributed by atoms with Gasteiger partial charge in [0.2, 0.25) is 11.8 Å². The number of amides is 2. The zero-order valence-electron chi connectivity index (χ0n) is 26.7. The van der Waals surface area contributed by atoms with E-state index in [1.165, 1.54) is 0 Å². The average molecular weight is 676 g/mol. The van der Waals surface area contributed by atoms with Crippen molar-refractivity contribution in [2.45, 2.75) is 38.6 Å². The normalized spacial score (nSPS) is 13.4. The molecule has 1 atom stereocenters. The van der Waals surface area contributed by atoms with E-state index in [0.29, 0.717) is 12.8 Å². The zero-order valence-corrected chi connectivity index (χ0v) is 28.2. The summed E-state index contributed by atoms with van der Waals surface area (Å²) in [4.78, 5) is 34.3. The number of nitrogens with one attached hydrogen (secondary N) is 1. The van der Waals surface area contributed by atoms with Crippen LogP contribution in [0.5, 0.6) is 0 Å². The summed E-state index contributed by atoms with van der Waals surface area (Å²) in [5.74, 6) is 0.0884. The number of para-hydroxylation sites is 2. The topological polar surface area (TPSA) is 75.2 Å². The van der Waals surface area contributed by atoms with Crippen molar-refractivity contribution in [3.8, 4) is 0 Å². The Kier molecular flexibility index (Phi) is 11.9. The Labute approximate surface area is 291 Å². The third kappa shape index (κ3) is 8.65. The van der Waals surface area contributed by atoms with Crippen molar-refractivity contribution in [3.63, 3.8) is 0 Å². The second-order valence-corrected chi connectivity index (χ2v) is 12.1. The van der Waals surface area contributed by atoms with Crippen molar-refractivity contribution in [1.29, 1.82) is 0 Å². The smallest absolute Gasteiger partial charge is 0.229 e. The van der Waals surface area contributed by atoms with E-state index in [0.717, 1.165) is 67.2 Å². The molecule has 8 heteroatoms. The molecule has 0 saturated carbocycles. The number of hydrogen-bond donors (Lipinski definition) is 1. The number of fused-ring (bicyclic) bond motifs is 2. The van der Waals surface area contributed by atoms with E-state index in [4.69, 9.17) is 23.2 Å². The fraction of sp³-hybridized carbons (Fsp3) is 0.150. The molecule has 242 valence electrons. The van der Waals surface area contributed by atoms with Crippen molar-refractivity contribution in [2.24, 2.45) is 0 Å². The van der Waals surface area contributed by atoms with Crippen LogP contribution in [0.15, 0.2) is 134 Å². The van der Waals surface area contributed by atoms with Crippen LogP contribution in [0.1, 0.15) is 30.4 Å². The highest BCUT2D eigenvalue weighted by molar-refractivity contribution is 6.31.